The Hall–Kier alpha value is -1.94. The van der Waals surface area contributed by atoms with E-state index in [2.05, 4.69) is 15.9 Å². The second-order valence-electron chi connectivity index (χ2n) is 5.34. The van der Waals surface area contributed by atoms with E-state index in [0.29, 0.717) is 12.0 Å². The van der Waals surface area contributed by atoms with Gasteiger partial charge in [-0.1, -0.05) is 46.3 Å². The van der Waals surface area contributed by atoms with Crippen LogP contribution in [0.1, 0.15) is 30.5 Å². The Labute approximate surface area is 137 Å². The minimum atomic E-state index is -0.272. The average Bonchev–Trinajstić information content (AvgIpc) is 2.96. The number of amides is 1. The maximum Gasteiger partial charge on any atom is 0.223 e. The largest absolute Gasteiger partial charge is 0.311 e. The molecule has 0 aliphatic carbocycles. The Kier molecular flexibility index (Phi) is 4.12. The van der Waals surface area contributed by atoms with E-state index in [9.17, 15) is 9.18 Å². The van der Waals surface area contributed by atoms with E-state index in [0.717, 1.165) is 15.6 Å². The van der Waals surface area contributed by atoms with Crippen LogP contribution >= 0.6 is 15.9 Å². The molecule has 1 unspecified atom stereocenters. The van der Waals surface area contributed by atoms with Crippen LogP contribution in [-0.4, -0.2) is 10.8 Å². The van der Waals surface area contributed by atoms with Gasteiger partial charge in [-0.2, -0.15) is 0 Å². The first-order chi connectivity index (χ1) is 10.6. The molecule has 0 spiro atoms. The summed E-state index contributed by atoms with van der Waals surface area (Å²) < 4.78 is 14.9. The first kappa shape index (κ1) is 15.0. The summed E-state index contributed by atoms with van der Waals surface area (Å²) in [5, 5.41) is 0. The summed E-state index contributed by atoms with van der Waals surface area (Å²) >= 11 is 3.37. The van der Waals surface area contributed by atoms with Crippen molar-refractivity contribution >= 4 is 27.4 Å². The standard InChI is InChI=1S/C18H15BrFNO/c1-12(22)21-11-14(16-10-15(19)7-8-17(16)20)9-18(21)13-5-3-2-4-6-13/h2-8,10-11,18H,9H2,1H3. The van der Waals surface area contributed by atoms with E-state index in [1.165, 1.54) is 13.0 Å². The molecule has 1 amide bonds. The second kappa shape index (κ2) is 6.05. The molecule has 1 atom stereocenters. The smallest absolute Gasteiger partial charge is 0.223 e. The molecule has 1 aliphatic heterocycles. The fourth-order valence-electron chi connectivity index (χ4n) is 2.80. The molecule has 0 saturated carbocycles. The van der Waals surface area contributed by atoms with Gasteiger partial charge in [0.1, 0.15) is 5.82 Å². The van der Waals surface area contributed by atoms with Gasteiger partial charge in [-0.15, -0.1) is 0 Å². The number of benzene rings is 2. The van der Waals surface area contributed by atoms with Crippen LogP contribution in [0.4, 0.5) is 4.39 Å². The molecule has 0 radical (unpaired) electrons. The Balaban J connectivity index is 2.00. The van der Waals surface area contributed by atoms with E-state index in [4.69, 9.17) is 0 Å². The topological polar surface area (TPSA) is 20.3 Å². The van der Waals surface area contributed by atoms with E-state index in [1.807, 2.05) is 30.3 Å². The molecule has 2 aromatic carbocycles. The molecule has 0 aromatic heterocycles. The highest BCUT2D eigenvalue weighted by molar-refractivity contribution is 9.10. The summed E-state index contributed by atoms with van der Waals surface area (Å²) in [6, 6.07) is 14.6. The summed E-state index contributed by atoms with van der Waals surface area (Å²) in [6.45, 7) is 1.53. The number of carbonyl (C=O) groups excluding carboxylic acids is 1. The molecule has 0 bridgehead atoms. The molecular weight excluding hydrogens is 345 g/mol. The summed E-state index contributed by atoms with van der Waals surface area (Å²) in [5.74, 6) is -0.314. The van der Waals surface area contributed by atoms with Gasteiger partial charge in [0.15, 0.2) is 0 Å². The zero-order valence-corrected chi connectivity index (χ0v) is 13.7. The van der Waals surface area contributed by atoms with Gasteiger partial charge in [-0.25, -0.2) is 4.39 Å². The zero-order valence-electron chi connectivity index (χ0n) is 12.1. The summed E-state index contributed by atoms with van der Waals surface area (Å²) in [4.78, 5) is 13.6. The Morgan fingerprint density at radius 1 is 1.23 bits per heavy atom. The van der Waals surface area contributed by atoms with Gasteiger partial charge in [0.2, 0.25) is 5.91 Å². The van der Waals surface area contributed by atoms with Crippen LogP contribution in [0, 0.1) is 5.82 Å². The summed E-state index contributed by atoms with van der Waals surface area (Å²) in [5.41, 5.74) is 2.43. The van der Waals surface area contributed by atoms with Crippen molar-refractivity contribution in [3.05, 3.63) is 76.1 Å². The molecule has 1 aliphatic rings. The van der Waals surface area contributed by atoms with Crippen molar-refractivity contribution in [2.75, 3.05) is 0 Å². The number of nitrogens with zero attached hydrogens (tertiary/aromatic N) is 1. The fourth-order valence-corrected chi connectivity index (χ4v) is 3.17. The molecule has 0 fully saturated rings. The van der Waals surface area contributed by atoms with E-state index < -0.39 is 0 Å². The van der Waals surface area contributed by atoms with Gasteiger partial charge in [-0.3, -0.25) is 4.79 Å². The van der Waals surface area contributed by atoms with Crippen LogP contribution in [0.3, 0.4) is 0 Å². The van der Waals surface area contributed by atoms with Gasteiger partial charge < -0.3 is 4.90 Å². The summed E-state index contributed by atoms with van der Waals surface area (Å²) in [7, 11) is 0. The maximum absolute atomic E-state index is 14.1. The molecule has 4 heteroatoms. The zero-order chi connectivity index (χ0) is 15.7. The number of hydrogen-bond donors (Lipinski definition) is 0. The number of halogens is 2. The van der Waals surface area contributed by atoms with E-state index in [1.54, 1.807) is 23.2 Å². The third-order valence-corrected chi connectivity index (χ3v) is 4.36. The monoisotopic (exact) mass is 359 g/mol. The molecule has 3 rings (SSSR count). The number of rotatable bonds is 2. The average molecular weight is 360 g/mol. The predicted molar refractivity (Wildman–Crippen MR) is 88.4 cm³/mol. The molecule has 2 aromatic rings. The highest BCUT2D eigenvalue weighted by Crippen LogP contribution is 2.40. The Bertz CT molecular complexity index is 742. The Morgan fingerprint density at radius 3 is 2.64 bits per heavy atom. The third kappa shape index (κ3) is 2.83. The van der Waals surface area contributed by atoms with Crippen LogP contribution in [-0.2, 0) is 4.79 Å². The van der Waals surface area contributed by atoms with Crippen LogP contribution in [0.15, 0.2) is 59.2 Å². The lowest BCUT2D eigenvalue weighted by Gasteiger charge is -2.22. The number of carbonyl (C=O) groups is 1. The van der Waals surface area contributed by atoms with Crippen LogP contribution in [0.2, 0.25) is 0 Å². The first-order valence-electron chi connectivity index (χ1n) is 7.06. The van der Waals surface area contributed by atoms with E-state index in [-0.39, 0.29) is 17.8 Å². The predicted octanol–water partition coefficient (Wildman–Crippen LogP) is 4.92. The highest BCUT2D eigenvalue weighted by Gasteiger charge is 2.30. The Morgan fingerprint density at radius 2 is 1.95 bits per heavy atom. The second-order valence-corrected chi connectivity index (χ2v) is 6.25. The van der Waals surface area contributed by atoms with Crippen molar-refractivity contribution in [1.29, 1.82) is 0 Å². The van der Waals surface area contributed by atoms with Crippen molar-refractivity contribution in [3.8, 4) is 0 Å². The quantitative estimate of drug-likeness (QED) is 0.744. The molecule has 0 saturated heterocycles. The molecule has 22 heavy (non-hydrogen) atoms. The highest BCUT2D eigenvalue weighted by atomic mass is 79.9. The van der Waals surface area contributed by atoms with Gasteiger partial charge in [0.25, 0.3) is 0 Å². The van der Waals surface area contributed by atoms with Gasteiger partial charge in [0, 0.05) is 23.2 Å². The SMILES string of the molecule is CC(=O)N1C=C(c2cc(Br)ccc2F)CC1c1ccccc1. The minimum absolute atomic E-state index is 0.0424. The van der Waals surface area contributed by atoms with Crippen LogP contribution < -0.4 is 0 Å². The van der Waals surface area contributed by atoms with Gasteiger partial charge in [-0.05, 0) is 35.8 Å². The first-order valence-corrected chi connectivity index (χ1v) is 7.85. The molecule has 0 N–H and O–H groups in total. The lowest BCUT2D eigenvalue weighted by molar-refractivity contribution is -0.127. The van der Waals surface area contributed by atoms with E-state index >= 15 is 0 Å². The fraction of sp³-hybridized carbons (Fsp3) is 0.167. The maximum atomic E-state index is 14.1. The lowest BCUT2D eigenvalue weighted by Crippen LogP contribution is -2.24. The third-order valence-electron chi connectivity index (χ3n) is 3.87. The van der Waals surface area contributed by atoms with Crippen molar-refractivity contribution in [1.82, 2.24) is 4.90 Å². The van der Waals surface area contributed by atoms with Crippen molar-refractivity contribution in [3.63, 3.8) is 0 Å². The normalized spacial score (nSPS) is 17.5. The van der Waals surface area contributed by atoms with Crippen LogP contribution in [0.5, 0.6) is 0 Å². The van der Waals surface area contributed by atoms with Gasteiger partial charge in [0.05, 0.1) is 6.04 Å². The number of hydrogen-bond acceptors (Lipinski definition) is 1. The van der Waals surface area contributed by atoms with Crippen molar-refractivity contribution < 1.29 is 9.18 Å². The van der Waals surface area contributed by atoms with Crippen LogP contribution in [0.25, 0.3) is 5.57 Å². The summed E-state index contributed by atoms with van der Waals surface area (Å²) in [6.07, 6.45) is 2.38. The molecule has 112 valence electrons. The molecular formula is C18H15BrFNO. The minimum Gasteiger partial charge on any atom is -0.311 e. The van der Waals surface area contributed by atoms with Crippen molar-refractivity contribution in [2.24, 2.45) is 0 Å². The van der Waals surface area contributed by atoms with Crippen molar-refractivity contribution in [2.45, 2.75) is 19.4 Å². The molecule has 2 nitrogen and oxygen atoms in total. The molecule has 1 heterocycles. The lowest BCUT2D eigenvalue weighted by atomic mass is 9.97. The van der Waals surface area contributed by atoms with Gasteiger partial charge >= 0.3 is 0 Å².